The maximum atomic E-state index is 13.0. The summed E-state index contributed by atoms with van der Waals surface area (Å²) in [6, 6.07) is 8.73. The van der Waals surface area contributed by atoms with E-state index in [0.29, 0.717) is 18.1 Å². The number of rotatable bonds is 8. The molecule has 1 aromatic carbocycles. The summed E-state index contributed by atoms with van der Waals surface area (Å²) >= 11 is 0. The second-order valence-corrected chi connectivity index (χ2v) is 8.97. The van der Waals surface area contributed by atoms with Gasteiger partial charge in [-0.2, -0.15) is 5.10 Å². The Morgan fingerprint density at radius 1 is 1.20 bits per heavy atom. The van der Waals surface area contributed by atoms with E-state index in [9.17, 15) is 14.7 Å². The minimum atomic E-state index is -2.46. The zero-order chi connectivity index (χ0) is 30.7. The molecule has 0 unspecified atom stereocenters. The molecule has 4 rings (SSSR count). The molecular formula is C26H37B2N9O4. The molecule has 2 aromatic heterocycles. The van der Waals surface area contributed by atoms with E-state index >= 15 is 0 Å². The van der Waals surface area contributed by atoms with Crippen molar-refractivity contribution in [1.29, 1.82) is 0 Å². The molecule has 15 heteroatoms. The van der Waals surface area contributed by atoms with Crippen LogP contribution in [0.1, 0.15) is 44.1 Å². The Balaban J connectivity index is 0.00000110. The third-order valence-corrected chi connectivity index (χ3v) is 5.53. The number of ether oxygens (including phenoxy) is 1. The molecule has 41 heavy (non-hydrogen) atoms. The summed E-state index contributed by atoms with van der Waals surface area (Å²) in [5.74, 6) is -0.0988. The Morgan fingerprint density at radius 2 is 1.85 bits per heavy atom. The van der Waals surface area contributed by atoms with Crippen molar-refractivity contribution in [2.45, 2.75) is 45.2 Å². The van der Waals surface area contributed by atoms with Crippen LogP contribution < -0.4 is 15.5 Å². The van der Waals surface area contributed by atoms with Gasteiger partial charge in [0, 0.05) is 63.7 Å². The van der Waals surface area contributed by atoms with Crippen LogP contribution in [0.5, 0.6) is 0 Å². The molecule has 216 valence electrons. The number of aryl methyl sites for hydroxylation is 1. The monoisotopic (exact) mass is 561 g/mol. The largest absolute Gasteiger partial charge is 0.390 e. The van der Waals surface area contributed by atoms with Crippen LogP contribution in [0.3, 0.4) is 0 Å². The van der Waals surface area contributed by atoms with E-state index in [1.807, 2.05) is 32.2 Å². The van der Waals surface area contributed by atoms with Crippen LogP contribution in [0.25, 0.3) is 11.4 Å². The van der Waals surface area contributed by atoms with Crippen molar-refractivity contribution < 1.29 is 19.4 Å². The highest BCUT2D eigenvalue weighted by atomic mass is 16.4. The van der Waals surface area contributed by atoms with Crippen molar-refractivity contribution in [1.82, 2.24) is 35.2 Å². The predicted octanol–water partition coefficient (Wildman–Crippen LogP) is 2.02. The normalized spacial score (nSPS) is 12.2. The molecule has 4 radical (unpaired) electrons. The fourth-order valence-corrected chi connectivity index (χ4v) is 3.58. The quantitative estimate of drug-likeness (QED) is 0.277. The number of nitrogens with zero attached hydrogens (tertiary/aromatic N) is 7. The number of nitrogens with one attached hydrogen (secondary N) is 2. The predicted molar refractivity (Wildman–Crippen MR) is 159 cm³/mol. The van der Waals surface area contributed by atoms with Gasteiger partial charge < -0.3 is 25.4 Å². The van der Waals surface area contributed by atoms with Gasteiger partial charge in [-0.05, 0) is 31.9 Å². The van der Waals surface area contributed by atoms with Crippen LogP contribution in [0, 0.1) is 0 Å². The number of benzene rings is 1. The van der Waals surface area contributed by atoms with E-state index in [1.54, 1.807) is 62.4 Å². The molecule has 1 aliphatic rings. The lowest BCUT2D eigenvalue weighted by Gasteiger charge is -2.27. The summed E-state index contributed by atoms with van der Waals surface area (Å²) in [6.07, 6.45) is 3.51. The summed E-state index contributed by atoms with van der Waals surface area (Å²) in [5, 5.41) is 27.3. The third-order valence-electron chi connectivity index (χ3n) is 5.53. The number of carbonyl (C=O) groups excluding carboxylic acids is 2. The molecule has 2 heterocycles. The SMILES string of the molecule is CC.COC.[B]C([B])(O)NC(=O)c1nnc(N(CC)C(=O)N(C)C2CC2)cc1Nc1cccc(-c2ncn(C)n2)c1. The minimum Gasteiger partial charge on any atom is -0.390 e. The second-order valence-electron chi connectivity index (χ2n) is 8.97. The van der Waals surface area contributed by atoms with Crippen LogP contribution in [-0.2, 0) is 11.8 Å². The number of hydrogen-bond donors (Lipinski definition) is 3. The van der Waals surface area contributed by atoms with E-state index in [2.05, 4.69) is 30.3 Å². The molecule has 1 fully saturated rings. The Kier molecular flexibility index (Phi) is 12.3. The number of hydrogen-bond acceptors (Lipinski definition) is 9. The van der Waals surface area contributed by atoms with Crippen LogP contribution >= 0.6 is 0 Å². The van der Waals surface area contributed by atoms with Gasteiger partial charge >= 0.3 is 6.03 Å². The number of anilines is 3. The second kappa shape index (κ2) is 15.1. The van der Waals surface area contributed by atoms with E-state index in [4.69, 9.17) is 15.7 Å². The molecule has 0 atom stereocenters. The lowest BCUT2D eigenvalue weighted by atomic mass is 9.73. The first-order chi connectivity index (χ1) is 19.5. The molecule has 13 nitrogen and oxygen atoms in total. The smallest absolute Gasteiger partial charge is 0.325 e. The van der Waals surface area contributed by atoms with Crippen LogP contribution in [0.4, 0.5) is 22.0 Å². The fraction of sp³-hybridized carbons (Fsp3) is 0.462. The lowest BCUT2D eigenvalue weighted by Crippen LogP contribution is -2.50. The Bertz CT molecular complexity index is 1300. The van der Waals surface area contributed by atoms with E-state index < -0.39 is 11.4 Å². The van der Waals surface area contributed by atoms with Gasteiger partial charge in [0.05, 0.1) is 5.69 Å². The number of carbonyl (C=O) groups is 2. The summed E-state index contributed by atoms with van der Waals surface area (Å²) in [7, 11) is 17.4. The summed E-state index contributed by atoms with van der Waals surface area (Å²) in [6.45, 7) is 6.15. The Morgan fingerprint density at radius 3 is 2.39 bits per heavy atom. The average molecular weight is 561 g/mol. The van der Waals surface area contributed by atoms with Crippen molar-refractivity contribution in [2.24, 2.45) is 7.05 Å². The molecule has 0 bridgehead atoms. The number of aromatic nitrogens is 5. The van der Waals surface area contributed by atoms with Crippen LogP contribution in [0.2, 0.25) is 0 Å². The number of aliphatic hydroxyl groups is 1. The lowest BCUT2D eigenvalue weighted by molar-refractivity contribution is 0.0835. The van der Waals surface area contributed by atoms with Gasteiger partial charge in [-0.3, -0.25) is 14.4 Å². The van der Waals surface area contributed by atoms with Crippen molar-refractivity contribution in [3.63, 3.8) is 0 Å². The zero-order valence-electron chi connectivity index (χ0n) is 24.6. The van der Waals surface area contributed by atoms with E-state index in [0.717, 1.165) is 18.4 Å². The summed E-state index contributed by atoms with van der Waals surface area (Å²) < 4.78 is 5.84. The highest BCUT2D eigenvalue weighted by Crippen LogP contribution is 2.29. The first kappa shape index (κ1) is 33.2. The number of amides is 3. The topological polar surface area (TPSA) is 151 Å². The standard InChI is InChI=1S/C22H25B2N9O3.C2H6O.C2H6/c1-4-33(21(35)32(3)15-8-9-15)17-11-16(18(29-28-17)20(34)27-22(23,24)36)26-14-7-5-6-13(10-14)19-25-12-31(2)30-19;1-3-2;1-2/h5-7,10-12,15,36H,4,8-9H2,1-3H3,(H,26,28)(H,27,34);1-2H3;1-2H3. The highest BCUT2D eigenvalue weighted by molar-refractivity contribution is 6.39. The maximum absolute atomic E-state index is 13.0. The molecular weight excluding hydrogens is 524 g/mol. The van der Waals surface area contributed by atoms with Gasteiger partial charge in [0.25, 0.3) is 5.91 Å². The number of methoxy groups -OCH3 is 1. The third kappa shape index (κ3) is 9.57. The first-order valence-electron chi connectivity index (χ1n) is 13.1. The molecule has 0 aliphatic heterocycles. The van der Waals surface area contributed by atoms with Crippen LogP contribution in [0.15, 0.2) is 36.7 Å². The zero-order valence-corrected chi connectivity index (χ0v) is 24.6. The summed E-state index contributed by atoms with van der Waals surface area (Å²) in [5.41, 5.74) is -1.10. The van der Waals surface area contributed by atoms with E-state index in [1.165, 1.54) is 11.0 Å². The van der Waals surface area contributed by atoms with Gasteiger partial charge in [-0.25, -0.2) is 9.78 Å². The Labute approximate surface area is 243 Å². The fourth-order valence-electron chi connectivity index (χ4n) is 3.58. The van der Waals surface area contributed by atoms with Gasteiger partial charge in [0.15, 0.2) is 17.3 Å². The first-order valence-corrected chi connectivity index (χ1v) is 13.1. The molecule has 0 saturated heterocycles. The maximum Gasteiger partial charge on any atom is 0.325 e. The van der Waals surface area contributed by atoms with Crippen molar-refractivity contribution in [3.8, 4) is 11.4 Å². The van der Waals surface area contributed by atoms with Crippen molar-refractivity contribution >= 4 is 44.8 Å². The molecule has 1 aliphatic carbocycles. The van der Waals surface area contributed by atoms with Gasteiger partial charge in [-0.1, -0.05) is 26.0 Å². The molecule has 3 aromatic rings. The molecule has 3 amide bonds. The summed E-state index contributed by atoms with van der Waals surface area (Å²) in [4.78, 5) is 33.2. The molecule has 0 spiro atoms. The number of urea groups is 1. The molecule has 1 saturated carbocycles. The Hall–Kier alpha value is -3.97. The van der Waals surface area contributed by atoms with E-state index in [-0.39, 0.29) is 29.3 Å². The molecule has 3 N–H and O–H groups in total. The van der Waals surface area contributed by atoms with Crippen LogP contribution in [-0.4, -0.2) is 102 Å². The average Bonchev–Trinajstić information content (AvgIpc) is 3.69. The highest BCUT2D eigenvalue weighted by Gasteiger charge is 2.33. The van der Waals surface area contributed by atoms with Gasteiger partial charge in [0.1, 0.15) is 22.0 Å². The minimum absolute atomic E-state index is 0.187. The van der Waals surface area contributed by atoms with Gasteiger partial charge in [0.2, 0.25) is 0 Å². The van der Waals surface area contributed by atoms with Crippen molar-refractivity contribution in [3.05, 3.63) is 42.4 Å². The van der Waals surface area contributed by atoms with Gasteiger partial charge in [-0.15, -0.1) is 10.2 Å². The van der Waals surface area contributed by atoms with Crippen molar-refractivity contribution in [2.75, 3.05) is 38.0 Å².